The smallest absolute Gasteiger partial charge is 0.0680 e. The topological polar surface area (TPSA) is 18.5 Å². The molecule has 0 amide bonds. The second-order valence-corrected chi connectivity index (χ2v) is 3.66. The largest absolute Gasteiger partial charge is 0.381 e. The zero-order valence-corrected chi connectivity index (χ0v) is 6.43. The van der Waals surface area contributed by atoms with Crippen LogP contribution in [-0.2, 0) is 9.47 Å². The van der Waals surface area contributed by atoms with E-state index < -0.39 is 0 Å². The highest BCUT2D eigenvalue weighted by molar-refractivity contribution is 4.86. The number of hydrogen-bond acceptors (Lipinski definition) is 2. The van der Waals surface area contributed by atoms with Gasteiger partial charge in [-0.15, -0.1) is 0 Å². The summed E-state index contributed by atoms with van der Waals surface area (Å²) in [5.74, 6) is 0.783. The van der Waals surface area contributed by atoms with Crippen molar-refractivity contribution in [3.63, 3.8) is 0 Å². The summed E-state index contributed by atoms with van der Waals surface area (Å²) >= 11 is 0. The normalized spacial score (nSPS) is 40.5. The first kappa shape index (κ1) is 6.62. The van der Waals surface area contributed by atoms with Crippen molar-refractivity contribution in [3.8, 4) is 0 Å². The zero-order valence-electron chi connectivity index (χ0n) is 6.43. The highest BCUT2D eigenvalue weighted by Crippen LogP contribution is 2.34. The Kier molecular flexibility index (Phi) is 1.46. The number of hydrogen-bond donors (Lipinski definition) is 0. The molecule has 0 aromatic carbocycles. The van der Waals surface area contributed by atoms with E-state index in [1.165, 1.54) is 12.8 Å². The minimum absolute atomic E-state index is 0.217. The molecule has 0 bridgehead atoms. The highest BCUT2D eigenvalue weighted by atomic mass is 16.5. The van der Waals surface area contributed by atoms with Gasteiger partial charge in [0.2, 0.25) is 0 Å². The molecular formula is C8H14O2. The molecule has 58 valence electrons. The van der Waals surface area contributed by atoms with Crippen LogP contribution < -0.4 is 0 Å². The quantitative estimate of drug-likeness (QED) is 0.576. The Balaban J connectivity index is 1.77. The van der Waals surface area contributed by atoms with Crippen LogP contribution in [0.2, 0.25) is 0 Å². The third-order valence-electron chi connectivity index (χ3n) is 2.51. The van der Waals surface area contributed by atoms with Crippen LogP contribution in [0.25, 0.3) is 0 Å². The first-order chi connectivity index (χ1) is 4.79. The lowest BCUT2D eigenvalue weighted by Crippen LogP contribution is -2.45. The molecule has 0 aromatic rings. The number of rotatable bonds is 2. The van der Waals surface area contributed by atoms with Crippen molar-refractivity contribution in [1.29, 1.82) is 0 Å². The fourth-order valence-electron chi connectivity index (χ4n) is 1.62. The zero-order chi connectivity index (χ0) is 7.03. The number of ether oxygens (including phenoxy) is 2. The molecule has 2 aliphatic heterocycles. The molecule has 10 heavy (non-hydrogen) atoms. The van der Waals surface area contributed by atoms with Crippen molar-refractivity contribution < 1.29 is 9.47 Å². The fraction of sp³-hybridized carbons (Fsp3) is 1.00. The van der Waals surface area contributed by atoms with Gasteiger partial charge in [-0.3, -0.25) is 0 Å². The lowest BCUT2D eigenvalue weighted by Gasteiger charge is -2.43. The van der Waals surface area contributed by atoms with E-state index in [1.807, 2.05) is 0 Å². The first-order valence-electron chi connectivity index (χ1n) is 4.00. The average Bonchev–Trinajstić information content (AvgIpc) is 1.74. The molecule has 2 nitrogen and oxygen atoms in total. The molecule has 2 aliphatic rings. The van der Waals surface area contributed by atoms with Gasteiger partial charge in [-0.1, -0.05) is 0 Å². The Bertz CT molecular complexity index is 125. The monoisotopic (exact) mass is 142 g/mol. The van der Waals surface area contributed by atoms with E-state index in [4.69, 9.17) is 9.47 Å². The van der Waals surface area contributed by atoms with Crippen LogP contribution >= 0.6 is 0 Å². The van der Waals surface area contributed by atoms with E-state index in [-0.39, 0.29) is 5.60 Å². The van der Waals surface area contributed by atoms with Gasteiger partial charge >= 0.3 is 0 Å². The Morgan fingerprint density at radius 1 is 1.50 bits per heavy atom. The van der Waals surface area contributed by atoms with Crippen LogP contribution in [0.1, 0.15) is 19.8 Å². The maximum Gasteiger partial charge on any atom is 0.0680 e. The predicted octanol–water partition coefficient (Wildman–Crippen LogP) is 1.20. The van der Waals surface area contributed by atoms with Crippen LogP contribution in [0.15, 0.2) is 0 Å². The molecule has 1 unspecified atom stereocenters. The fourth-order valence-corrected chi connectivity index (χ4v) is 1.62. The van der Waals surface area contributed by atoms with Crippen LogP contribution in [-0.4, -0.2) is 25.4 Å². The first-order valence-corrected chi connectivity index (χ1v) is 4.00. The van der Waals surface area contributed by atoms with E-state index >= 15 is 0 Å². The van der Waals surface area contributed by atoms with Gasteiger partial charge in [0, 0.05) is 5.92 Å². The Morgan fingerprint density at radius 2 is 2.20 bits per heavy atom. The molecular weight excluding hydrogens is 128 g/mol. The minimum Gasteiger partial charge on any atom is -0.381 e. The van der Waals surface area contributed by atoms with Crippen molar-refractivity contribution >= 4 is 0 Å². The van der Waals surface area contributed by atoms with Crippen molar-refractivity contribution in [2.24, 2.45) is 5.92 Å². The summed E-state index contributed by atoms with van der Waals surface area (Å²) in [5.41, 5.74) is 0.217. The van der Waals surface area contributed by atoms with Crippen LogP contribution in [0.3, 0.4) is 0 Å². The van der Waals surface area contributed by atoms with Crippen molar-refractivity contribution in [1.82, 2.24) is 0 Å². The van der Waals surface area contributed by atoms with Gasteiger partial charge in [-0.2, -0.15) is 0 Å². The molecule has 0 spiro atoms. The van der Waals surface area contributed by atoms with E-state index in [0.29, 0.717) is 0 Å². The molecule has 0 aromatic heterocycles. The standard InChI is InChI=1S/C8H14O2/c1-8(2-3-10-8)4-7-5-9-6-7/h7H,2-6H2,1H3. The molecule has 2 saturated heterocycles. The summed E-state index contributed by atoms with van der Waals surface area (Å²) in [7, 11) is 0. The average molecular weight is 142 g/mol. The molecule has 0 radical (unpaired) electrons. The van der Waals surface area contributed by atoms with Gasteiger partial charge in [0.15, 0.2) is 0 Å². The summed E-state index contributed by atoms with van der Waals surface area (Å²) in [6.07, 6.45) is 2.44. The molecule has 0 saturated carbocycles. The second-order valence-electron chi connectivity index (χ2n) is 3.66. The maximum absolute atomic E-state index is 5.47. The van der Waals surface area contributed by atoms with Crippen LogP contribution in [0.4, 0.5) is 0 Å². The van der Waals surface area contributed by atoms with Gasteiger partial charge in [-0.25, -0.2) is 0 Å². The lowest BCUT2D eigenvalue weighted by atomic mass is 9.85. The predicted molar refractivity (Wildman–Crippen MR) is 37.9 cm³/mol. The maximum atomic E-state index is 5.47. The van der Waals surface area contributed by atoms with Crippen molar-refractivity contribution in [3.05, 3.63) is 0 Å². The Hall–Kier alpha value is -0.0800. The SMILES string of the molecule is CC1(CC2COC2)CCO1. The van der Waals surface area contributed by atoms with Gasteiger partial charge in [0.1, 0.15) is 0 Å². The molecule has 2 heterocycles. The summed E-state index contributed by atoms with van der Waals surface area (Å²) in [6.45, 7) is 5.08. The summed E-state index contributed by atoms with van der Waals surface area (Å²) in [5, 5.41) is 0. The molecule has 2 heteroatoms. The molecule has 0 aliphatic carbocycles. The van der Waals surface area contributed by atoms with Gasteiger partial charge in [0.25, 0.3) is 0 Å². The van der Waals surface area contributed by atoms with Gasteiger partial charge in [0.05, 0.1) is 25.4 Å². The Morgan fingerprint density at radius 3 is 2.50 bits per heavy atom. The van der Waals surface area contributed by atoms with E-state index in [2.05, 4.69) is 6.92 Å². The van der Waals surface area contributed by atoms with Gasteiger partial charge < -0.3 is 9.47 Å². The lowest BCUT2D eigenvalue weighted by molar-refractivity contribution is -0.167. The molecule has 2 rings (SSSR count). The van der Waals surface area contributed by atoms with Gasteiger partial charge in [-0.05, 0) is 19.8 Å². The molecule has 0 N–H and O–H groups in total. The van der Waals surface area contributed by atoms with Crippen LogP contribution in [0.5, 0.6) is 0 Å². The minimum atomic E-state index is 0.217. The van der Waals surface area contributed by atoms with E-state index in [9.17, 15) is 0 Å². The third-order valence-corrected chi connectivity index (χ3v) is 2.51. The Labute approximate surface area is 61.5 Å². The van der Waals surface area contributed by atoms with E-state index in [0.717, 1.165) is 25.7 Å². The van der Waals surface area contributed by atoms with Crippen LogP contribution in [0, 0.1) is 5.92 Å². The van der Waals surface area contributed by atoms with Crippen molar-refractivity contribution in [2.45, 2.75) is 25.4 Å². The van der Waals surface area contributed by atoms with E-state index in [1.54, 1.807) is 0 Å². The molecule has 2 fully saturated rings. The summed E-state index contributed by atoms with van der Waals surface area (Å²) in [4.78, 5) is 0. The summed E-state index contributed by atoms with van der Waals surface area (Å²) < 4.78 is 10.6. The summed E-state index contributed by atoms with van der Waals surface area (Å²) in [6, 6.07) is 0. The third kappa shape index (κ3) is 1.06. The highest BCUT2D eigenvalue weighted by Gasteiger charge is 2.37. The second kappa shape index (κ2) is 2.21. The molecule has 1 atom stereocenters. The van der Waals surface area contributed by atoms with Crippen molar-refractivity contribution in [2.75, 3.05) is 19.8 Å².